The molecule has 0 aromatic carbocycles. The molecule has 6 nitrogen and oxygen atoms in total. The molecule has 1 saturated carbocycles. The highest BCUT2D eigenvalue weighted by Crippen LogP contribution is 2.20. The lowest BCUT2D eigenvalue weighted by molar-refractivity contribution is -0.192. The number of halogens is 3. The molecule has 0 heterocycles. The Morgan fingerprint density at radius 3 is 1.89 bits per heavy atom. The summed E-state index contributed by atoms with van der Waals surface area (Å²) in [6.07, 6.45) is -0.899. The number of hydrogen-bond donors (Lipinski definition) is 2. The van der Waals surface area contributed by atoms with Crippen molar-refractivity contribution in [3.8, 4) is 0 Å². The first-order valence-electron chi connectivity index (χ1n) is 5.35. The molecule has 0 unspecified atom stereocenters. The van der Waals surface area contributed by atoms with Crippen LogP contribution in [0.4, 0.5) is 13.2 Å². The number of alkyl halides is 3. The number of carbonyl (C=O) groups is 1. The molecule has 0 radical (unpaired) electrons. The highest BCUT2D eigenvalue weighted by Gasteiger charge is 2.38. The number of nitrogens with two attached hydrogens (primary N) is 1. The van der Waals surface area contributed by atoms with Crippen LogP contribution in [0.25, 0.3) is 0 Å². The zero-order valence-electron chi connectivity index (χ0n) is 10.2. The van der Waals surface area contributed by atoms with Crippen molar-refractivity contribution >= 4 is 16.1 Å². The summed E-state index contributed by atoms with van der Waals surface area (Å²) < 4.78 is 58.0. The van der Waals surface area contributed by atoms with Gasteiger partial charge in [-0.05, 0) is 25.7 Å². The highest BCUT2D eigenvalue weighted by atomic mass is 32.2. The van der Waals surface area contributed by atoms with Crippen LogP contribution in [0.2, 0.25) is 0 Å². The van der Waals surface area contributed by atoms with Crippen LogP contribution in [0, 0.1) is 0 Å². The monoisotopic (exact) mass is 307 g/mol. The normalized spacial score (nSPS) is 24.3. The number of aliphatic carboxylic acids is 1. The van der Waals surface area contributed by atoms with Crippen LogP contribution in [0.1, 0.15) is 25.7 Å². The Balaban J connectivity index is 0.000000399. The second kappa shape index (κ2) is 7.06. The molecule has 0 aliphatic heterocycles. The van der Waals surface area contributed by atoms with Gasteiger partial charge in [0.05, 0.1) is 12.4 Å². The molecule has 3 N–H and O–H groups in total. The van der Waals surface area contributed by atoms with Gasteiger partial charge < -0.3 is 10.8 Å². The molecular weight excluding hydrogens is 291 g/mol. The third-order valence-corrected chi connectivity index (χ3v) is 2.89. The van der Waals surface area contributed by atoms with E-state index in [2.05, 4.69) is 0 Å². The van der Waals surface area contributed by atoms with Gasteiger partial charge in [0.2, 0.25) is 0 Å². The van der Waals surface area contributed by atoms with Gasteiger partial charge in [-0.1, -0.05) is 0 Å². The van der Waals surface area contributed by atoms with Crippen molar-refractivity contribution < 1.29 is 35.7 Å². The van der Waals surface area contributed by atoms with Gasteiger partial charge in [-0.25, -0.2) is 4.79 Å². The van der Waals surface area contributed by atoms with Gasteiger partial charge in [-0.2, -0.15) is 21.6 Å². The first kappa shape index (κ1) is 18.1. The fraction of sp³-hybridized carbons (Fsp3) is 0.889. The smallest absolute Gasteiger partial charge is 0.475 e. The van der Waals surface area contributed by atoms with Crippen molar-refractivity contribution in [2.75, 3.05) is 6.26 Å². The Hall–Kier alpha value is -0.870. The van der Waals surface area contributed by atoms with E-state index in [4.69, 9.17) is 19.8 Å². The summed E-state index contributed by atoms with van der Waals surface area (Å²) in [5.41, 5.74) is 5.66. The van der Waals surface area contributed by atoms with Crippen LogP contribution in [0.3, 0.4) is 0 Å². The Bertz CT molecular complexity index is 387. The van der Waals surface area contributed by atoms with E-state index < -0.39 is 22.3 Å². The molecule has 1 fully saturated rings. The van der Waals surface area contributed by atoms with E-state index in [1.54, 1.807) is 0 Å². The predicted octanol–water partition coefficient (Wildman–Crippen LogP) is 0.866. The molecule has 19 heavy (non-hydrogen) atoms. The van der Waals surface area contributed by atoms with E-state index >= 15 is 0 Å². The quantitative estimate of drug-likeness (QED) is 0.733. The van der Waals surface area contributed by atoms with E-state index in [0.717, 1.165) is 31.9 Å². The zero-order chi connectivity index (χ0) is 15.3. The fourth-order valence-electron chi connectivity index (χ4n) is 1.43. The molecule has 0 atom stereocenters. The fourth-order valence-corrected chi connectivity index (χ4v) is 2.12. The standard InChI is InChI=1S/C7H15NO3S.C2HF3O2/c1-12(9,10)11-7-4-2-6(8)3-5-7;3-2(4,5)1(6)7/h6-7H,2-5,8H2,1H3;(H,6,7). The van der Waals surface area contributed by atoms with Crippen LogP contribution < -0.4 is 5.73 Å². The lowest BCUT2D eigenvalue weighted by Gasteiger charge is -2.24. The molecule has 0 aromatic rings. The van der Waals surface area contributed by atoms with Crippen molar-refractivity contribution in [1.82, 2.24) is 0 Å². The predicted molar refractivity (Wildman–Crippen MR) is 59.9 cm³/mol. The SMILES string of the molecule is CS(=O)(=O)OC1CCC(N)CC1.O=C(O)C(F)(F)F. The molecule has 1 rings (SSSR count). The molecule has 0 saturated heterocycles. The molecule has 0 amide bonds. The topological polar surface area (TPSA) is 107 Å². The minimum atomic E-state index is -5.08. The molecular formula is C9H16F3NO5S. The summed E-state index contributed by atoms with van der Waals surface area (Å²) in [6.45, 7) is 0. The van der Waals surface area contributed by atoms with Crippen LogP contribution >= 0.6 is 0 Å². The van der Waals surface area contributed by atoms with Crippen LogP contribution in [0.15, 0.2) is 0 Å². The maximum atomic E-state index is 10.7. The van der Waals surface area contributed by atoms with Crippen molar-refractivity contribution in [2.24, 2.45) is 5.73 Å². The van der Waals surface area contributed by atoms with Gasteiger partial charge in [0, 0.05) is 6.04 Å². The zero-order valence-corrected chi connectivity index (χ0v) is 11.0. The molecule has 114 valence electrons. The first-order chi connectivity index (χ1) is 8.42. The van der Waals surface area contributed by atoms with Crippen LogP contribution in [0.5, 0.6) is 0 Å². The van der Waals surface area contributed by atoms with Gasteiger partial charge in [0.1, 0.15) is 0 Å². The molecule has 0 bridgehead atoms. The van der Waals surface area contributed by atoms with E-state index in [0.29, 0.717) is 0 Å². The molecule has 0 aromatic heterocycles. The van der Waals surface area contributed by atoms with Crippen molar-refractivity contribution in [2.45, 2.75) is 44.0 Å². The third-order valence-electron chi connectivity index (χ3n) is 2.27. The molecule has 1 aliphatic rings. The minimum Gasteiger partial charge on any atom is -0.475 e. The molecule has 1 aliphatic carbocycles. The number of rotatable bonds is 2. The number of hydrogen-bond acceptors (Lipinski definition) is 5. The van der Waals surface area contributed by atoms with Gasteiger partial charge >= 0.3 is 12.1 Å². The van der Waals surface area contributed by atoms with Gasteiger partial charge in [-0.3, -0.25) is 4.18 Å². The average Bonchev–Trinajstić information content (AvgIpc) is 2.19. The first-order valence-corrected chi connectivity index (χ1v) is 7.17. The van der Waals surface area contributed by atoms with Gasteiger partial charge in [0.15, 0.2) is 0 Å². The largest absolute Gasteiger partial charge is 0.490 e. The number of carboxylic acid groups (broad SMARTS) is 1. The lowest BCUT2D eigenvalue weighted by atomic mass is 9.94. The van der Waals surface area contributed by atoms with Gasteiger partial charge in [-0.15, -0.1) is 0 Å². The lowest BCUT2D eigenvalue weighted by Crippen LogP contribution is -2.31. The molecule has 10 heteroatoms. The van der Waals surface area contributed by atoms with Crippen LogP contribution in [-0.2, 0) is 19.1 Å². The average molecular weight is 307 g/mol. The second-order valence-electron chi connectivity index (χ2n) is 4.14. The number of carboxylic acids is 1. The van der Waals surface area contributed by atoms with E-state index in [1.807, 2.05) is 0 Å². The Kier molecular flexibility index (Phi) is 6.73. The Labute approximate surface area is 108 Å². The summed E-state index contributed by atoms with van der Waals surface area (Å²) >= 11 is 0. The maximum Gasteiger partial charge on any atom is 0.490 e. The van der Waals surface area contributed by atoms with E-state index in [9.17, 15) is 21.6 Å². The Morgan fingerprint density at radius 1 is 1.26 bits per heavy atom. The van der Waals surface area contributed by atoms with Crippen molar-refractivity contribution in [3.63, 3.8) is 0 Å². The van der Waals surface area contributed by atoms with E-state index in [1.165, 1.54) is 0 Å². The second-order valence-corrected chi connectivity index (χ2v) is 5.74. The third kappa shape index (κ3) is 9.68. The maximum absolute atomic E-state index is 10.7. The summed E-state index contributed by atoms with van der Waals surface area (Å²) in [4.78, 5) is 8.90. The summed E-state index contributed by atoms with van der Waals surface area (Å²) in [5, 5.41) is 7.12. The summed E-state index contributed by atoms with van der Waals surface area (Å²) in [7, 11) is -3.28. The molecule has 0 spiro atoms. The summed E-state index contributed by atoms with van der Waals surface area (Å²) in [5.74, 6) is -2.76. The summed E-state index contributed by atoms with van der Waals surface area (Å²) in [6, 6.07) is 0.226. The van der Waals surface area contributed by atoms with Crippen molar-refractivity contribution in [1.29, 1.82) is 0 Å². The minimum absolute atomic E-state index is 0.139. The van der Waals surface area contributed by atoms with Crippen molar-refractivity contribution in [3.05, 3.63) is 0 Å². The Morgan fingerprint density at radius 2 is 1.63 bits per heavy atom. The highest BCUT2D eigenvalue weighted by molar-refractivity contribution is 7.86. The van der Waals surface area contributed by atoms with Crippen LogP contribution in [-0.4, -0.2) is 44.1 Å². The van der Waals surface area contributed by atoms with E-state index in [-0.39, 0.29) is 12.1 Å². The van der Waals surface area contributed by atoms with Gasteiger partial charge in [0.25, 0.3) is 10.1 Å².